The van der Waals surface area contributed by atoms with E-state index in [1.165, 1.54) is 36.0 Å². The minimum atomic E-state index is -3.78. The van der Waals surface area contributed by atoms with Gasteiger partial charge in [0.25, 0.3) is 0 Å². The first-order chi connectivity index (χ1) is 15.8. The van der Waals surface area contributed by atoms with Crippen LogP contribution in [0.4, 0.5) is 11.6 Å². The summed E-state index contributed by atoms with van der Waals surface area (Å²) in [5.41, 5.74) is 0.481. The van der Waals surface area contributed by atoms with Crippen LogP contribution in [0.15, 0.2) is 34.3 Å². The van der Waals surface area contributed by atoms with Crippen molar-refractivity contribution in [1.82, 2.24) is 14.8 Å². The standard InChI is InChI=1S/C20H28N6O5S2/c1-14(18(27)22-15-4-6-17(7-5-15)33(21,28)29)32-20-24-23-19(25-8-11-30-12-9-25)26(20)13-16-3-2-10-31-16/h4-7,14,16H,2-3,8-13H2,1H3,(H,22,27)(H2,21,28,29). The number of amides is 1. The Morgan fingerprint density at radius 1 is 1.24 bits per heavy atom. The number of aromatic nitrogens is 3. The molecule has 3 N–H and O–H groups in total. The normalized spacial score (nSPS) is 20.1. The molecule has 2 unspecified atom stereocenters. The number of hydrogen-bond acceptors (Lipinski definition) is 9. The van der Waals surface area contributed by atoms with E-state index in [0.717, 1.165) is 38.5 Å². The van der Waals surface area contributed by atoms with Crippen LogP contribution in [0.3, 0.4) is 0 Å². The molecular weight excluding hydrogens is 468 g/mol. The number of nitrogens with zero attached hydrogens (tertiary/aromatic N) is 4. The number of primary sulfonamides is 1. The van der Waals surface area contributed by atoms with Gasteiger partial charge in [0.15, 0.2) is 5.16 Å². The highest BCUT2D eigenvalue weighted by Gasteiger charge is 2.27. The number of nitrogens with one attached hydrogen (secondary N) is 1. The summed E-state index contributed by atoms with van der Waals surface area (Å²) in [5, 5.41) is 16.9. The number of carbonyl (C=O) groups excluding carboxylic acids is 1. The number of hydrogen-bond donors (Lipinski definition) is 2. The highest BCUT2D eigenvalue weighted by Crippen LogP contribution is 2.29. The summed E-state index contributed by atoms with van der Waals surface area (Å²) in [6.07, 6.45) is 2.11. The lowest BCUT2D eigenvalue weighted by molar-refractivity contribution is -0.115. The Kier molecular flexibility index (Phi) is 7.54. The lowest BCUT2D eigenvalue weighted by Crippen LogP contribution is -2.38. The van der Waals surface area contributed by atoms with Crippen LogP contribution in [-0.2, 0) is 30.8 Å². The number of sulfonamides is 1. The predicted molar refractivity (Wildman–Crippen MR) is 124 cm³/mol. The molecule has 180 valence electrons. The topological polar surface area (TPSA) is 142 Å². The highest BCUT2D eigenvalue weighted by atomic mass is 32.2. The number of rotatable bonds is 8. The van der Waals surface area contributed by atoms with Crippen molar-refractivity contribution in [2.75, 3.05) is 43.1 Å². The summed E-state index contributed by atoms with van der Waals surface area (Å²) in [5.74, 6) is 0.533. The summed E-state index contributed by atoms with van der Waals surface area (Å²) < 4.78 is 36.1. The van der Waals surface area contributed by atoms with Crippen LogP contribution in [-0.4, -0.2) is 73.4 Å². The highest BCUT2D eigenvalue weighted by molar-refractivity contribution is 8.00. The fourth-order valence-corrected chi connectivity index (χ4v) is 5.07. The Balaban J connectivity index is 1.46. The minimum absolute atomic E-state index is 0.0132. The first-order valence-corrected chi connectivity index (χ1v) is 13.2. The van der Waals surface area contributed by atoms with Crippen molar-refractivity contribution in [3.8, 4) is 0 Å². The van der Waals surface area contributed by atoms with E-state index < -0.39 is 15.3 Å². The van der Waals surface area contributed by atoms with Crippen LogP contribution in [0.1, 0.15) is 19.8 Å². The average Bonchev–Trinajstić information content (AvgIpc) is 3.45. The third kappa shape index (κ3) is 6.03. The molecule has 2 fully saturated rings. The van der Waals surface area contributed by atoms with Gasteiger partial charge in [0.2, 0.25) is 21.9 Å². The Morgan fingerprint density at radius 3 is 2.61 bits per heavy atom. The summed E-state index contributed by atoms with van der Waals surface area (Å²) in [6, 6.07) is 5.72. The van der Waals surface area contributed by atoms with Gasteiger partial charge in [-0.2, -0.15) is 0 Å². The van der Waals surface area contributed by atoms with Gasteiger partial charge in [-0.25, -0.2) is 13.6 Å². The van der Waals surface area contributed by atoms with Crippen LogP contribution in [0.2, 0.25) is 0 Å². The lowest BCUT2D eigenvalue weighted by Gasteiger charge is -2.28. The second-order valence-electron chi connectivity index (χ2n) is 7.95. The molecule has 2 atom stereocenters. The van der Waals surface area contributed by atoms with E-state index in [2.05, 4.69) is 20.4 Å². The zero-order chi connectivity index (χ0) is 23.4. The molecule has 13 heteroatoms. The SMILES string of the molecule is CC(Sc1nnc(N2CCOCC2)n1CC1CCCO1)C(=O)Nc1ccc(S(N)(=O)=O)cc1. The predicted octanol–water partition coefficient (Wildman–Crippen LogP) is 1.06. The van der Waals surface area contributed by atoms with Crippen molar-refractivity contribution in [2.24, 2.45) is 5.14 Å². The Labute approximate surface area is 197 Å². The minimum Gasteiger partial charge on any atom is -0.378 e. The summed E-state index contributed by atoms with van der Waals surface area (Å²) in [4.78, 5) is 14.9. The molecular formula is C20H28N6O5S2. The summed E-state index contributed by atoms with van der Waals surface area (Å²) >= 11 is 1.32. The molecule has 11 nitrogen and oxygen atoms in total. The van der Waals surface area contributed by atoms with E-state index in [1.807, 2.05) is 4.57 Å². The van der Waals surface area contributed by atoms with Crippen molar-refractivity contribution in [3.05, 3.63) is 24.3 Å². The van der Waals surface area contributed by atoms with Crippen molar-refractivity contribution in [2.45, 2.75) is 47.7 Å². The summed E-state index contributed by atoms with van der Waals surface area (Å²) in [7, 11) is -3.78. The van der Waals surface area contributed by atoms with Crippen LogP contribution in [0.25, 0.3) is 0 Å². The molecule has 0 spiro atoms. The lowest BCUT2D eigenvalue weighted by atomic mass is 10.2. The zero-order valence-corrected chi connectivity index (χ0v) is 20.0. The van der Waals surface area contributed by atoms with Crippen LogP contribution >= 0.6 is 11.8 Å². The number of morpholine rings is 1. The largest absolute Gasteiger partial charge is 0.378 e. The molecule has 0 radical (unpaired) electrons. The molecule has 33 heavy (non-hydrogen) atoms. The van der Waals surface area contributed by atoms with E-state index in [1.54, 1.807) is 6.92 Å². The van der Waals surface area contributed by atoms with E-state index >= 15 is 0 Å². The number of carbonyl (C=O) groups is 1. The molecule has 0 saturated carbocycles. The molecule has 4 rings (SSSR count). The molecule has 2 aliphatic rings. The molecule has 2 aliphatic heterocycles. The molecule has 2 saturated heterocycles. The molecule has 0 aliphatic carbocycles. The number of ether oxygens (including phenoxy) is 2. The summed E-state index contributed by atoms with van der Waals surface area (Å²) in [6.45, 7) is 5.92. The third-order valence-electron chi connectivity index (χ3n) is 5.50. The molecule has 1 aromatic carbocycles. The van der Waals surface area contributed by atoms with Gasteiger partial charge in [-0.1, -0.05) is 11.8 Å². The fraction of sp³-hybridized carbons (Fsp3) is 0.550. The molecule has 1 aromatic heterocycles. The van der Waals surface area contributed by atoms with Gasteiger partial charge >= 0.3 is 0 Å². The fourth-order valence-electron chi connectivity index (χ4n) is 3.70. The van der Waals surface area contributed by atoms with Crippen LogP contribution in [0, 0.1) is 0 Å². The van der Waals surface area contributed by atoms with E-state index in [0.29, 0.717) is 30.6 Å². The quantitative estimate of drug-likeness (QED) is 0.513. The van der Waals surface area contributed by atoms with Crippen molar-refractivity contribution >= 4 is 39.3 Å². The van der Waals surface area contributed by atoms with Crippen LogP contribution < -0.4 is 15.4 Å². The maximum Gasteiger partial charge on any atom is 0.238 e. The Bertz CT molecular complexity index is 1060. The van der Waals surface area contributed by atoms with Gasteiger partial charge in [-0.05, 0) is 44.0 Å². The smallest absolute Gasteiger partial charge is 0.238 e. The van der Waals surface area contributed by atoms with Gasteiger partial charge in [-0.15, -0.1) is 10.2 Å². The zero-order valence-electron chi connectivity index (χ0n) is 18.3. The maximum atomic E-state index is 12.8. The van der Waals surface area contributed by atoms with Gasteiger partial charge in [0, 0.05) is 25.4 Å². The van der Waals surface area contributed by atoms with Crippen molar-refractivity contribution in [1.29, 1.82) is 0 Å². The van der Waals surface area contributed by atoms with E-state index in [9.17, 15) is 13.2 Å². The second-order valence-corrected chi connectivity index (χ2v) is 10.8. The molecule has 3 heterocycles. The molecule has 0 bridgehead atoms. The maximum absolute atomic E-state index is 12.8. The third-order valence-corrected chi connectivity index (χ3v) is 7.51. The van der Waals surface area contributed by atoms with Gasteiger partial charge in [-0.3, -0.25) is 9.36 Å². The van der Waals surface area contributed by atoms with Gasteiger partial charge in [0.05, 0.1) is 36.0 Å². The second kappa shape index (κ2) is 10.4. The number of benzene rings is 1. The first-order valence-electron chi connectivity index (χ1n) is 10.8. The molecule has 2 aromatic rings. The number of anilines is 2. The number of thioether (sulfide) groups is 1. The average molecular weight is 497 g/mol. The van der Waals surface area contributed by atoms with Gasteiger partial charge < -0.3 is 19.7 Å². The van der Waals surface area contributed by atoms with Crippen molar-refractivity contribution < 1.29 is 22.7 Å². The number of nitrogens with two attached hydrogens (primary N) is 1. The molecule has 1 amide bonds. The van der Waals surface area contributed by atoms with E-state index in [4.69, 9.17) is 14.6 Å². The van der Waals surface area contributed by atoms with E-state index in [-0.39, 0.29) is 16.9 Å². The first kappa shape index (κ1) is 24.0. The van der Waals surface area contributed by atoms with Crippen LogP contribution in [0.5, 0.6) is 0 Å². The van der Waals surface area contributed by atoms with Crippen molar-refractivity contribution in [3.63, 3.8) is 0 Å². The Morgan fingerprint density at radius 2 is 1.97 bits per heavy atom. The van der Waals surface area contributed by atoms with Gasteiger partial charge in [0.1, 0.15) is 0 Å². The Hall–Kier alpha value is -2.19. The monoisotopic (exact) mass is 496 g/mol.